The molecule has 1 N–H and O–H groups in total. The van der Waals surface area contributed by atoms with Gasteiger partial charge in [0.15, 0.2) is 5.78 Å². The van der Waals surface area contributed by atoms with E-state index in [0.717, 1.165) is 20.0 Å². The van der Waals surface area contributed by atoms with E-state index in [0.29, 0.717) is 0 Å². The molecule has 0 aliphatic heterocycles. The number of aromatic hydroxyl groups is 1. The van der Waals surface area contributed by atoms with E-state index in [9.17, 15) is 19.5 Å². The van der Waals surface area contributed by atoms with Gasteiger partial charge >= 0.3 is 5.69 Å². The van der Waals surface area contributed by atoms with Crippen molar-refractivity contribution in [3.63, 3.8) is 0 Å². The molecule has 0 saturated heterocycles. The minimum Gasteiger partial charge on any atom is -0.494 e. The SMILES string of the molecule is Cn1c(O)c(C(=O)Cn2ccc3ccccc32)c(=O)n(C)c1=O. The van der Waals surface area contributed by atoms with E-state index in [1.165, 1.54) is 14.1 Å². The summed E-state index contributed by atoms with van der Waals surface area (Å²) in [5, 5.41) is 11.0. The number of carbonyl (C=O) groups excluding carboxylic acids is 1. The summed E-state index contributed by atoms with van der Waals surface area (Å²) in [6.07, 6.45) is 1.74. The van der Waals surface area contributed by atoms with Gasteiger partial charge in [-0.1, -0.05) is 18.2 Å². The Morgan fingerprint density at radius 1 is 1.09 bits per heavy atom. The van der Waals surface area contributed by atoms with Crippen LogP contribution in [-0.4, -0.2) is 24.6 Å². The predicted octanol–water partition coefficient (Wildman–Crippen LogP) is 0.627. The summed E-state index contributed by atoms with van der Waals surface area (Å²) in [6.45, 7) is -0.103. The first-order valence-corrected chi connectivity index (χ1v) is 6.98. The maximum absolute atomic E-state index is 12.5. The zero-order valence-electron chi connectivity index (χ0n) is 12.7. The molecule has 0 aliphatic rings. The molecule has 0 amide bonds. The molecule has 2 heterocycles. The average Bonchev–Trinajstić information content (AvgIpc) is 2.94. The first-order valence-electron chi connectivity index (χ1n) is 6.98. The number of ketones is 1. The van der Waals surface area contributed by atoms with Crippen molar-refractivity contribution in [1.82, 2.24) is 13.7 Å². The molecule has 0 fully saturated rings. The Bertz CT molecular complexity index is 1040. The smallest absolute Gasteiger partial charge is 0.333 e. The molecule has 0 spiro atoms. The number of para-hydroxylation sites is 1. The molecule has 7 heteroatoms. The zero-order valence-corrected chi connectivity index (χ0v) is 12.7. The highest BCUT2D eigenvalue weighted by Gasteiger charge is 2.22. The van der Waals surface area contributed by atoms with Gasteiger partial charge in [-0.15, -0.1) is 0 Å². The average molecular weight is 313 g/mol. The van der Waals surface area contributed by atoms with Crippen LogP contribution in [0.1, 0.15) is 10.4 Å². The lowest BCUT2D eigenvalue weighted by atomic mass is 10.2. The Kier molecular flexibility index (Phi) is 3.40. The lowest BCUT2D eigenvalue weighted by Gasteiger charge is -2.10. The van der Waals surface area contributed by atoms with Crippen LogP contribution < -0.4 is 11.2 Å². The Labute approximate surface area is 130 Å². The van der Waals surface area contributed by atoms with E-state index in [-0.39, 0.29) is 12.1 Å². The van der Waals surface area contributed by atoms with Gasteiger partial charge in [-0.25, -0.2) is 4.79 Å². The number of hydrogen-bond acceptors (Lipinski definition) is 4. The van der Waals surface area contributed by atoms with Gasteiger partial charge in [0.2, 0.25) is 5.88 Å². The maximum atomic E-state index is 12.5. The fourth-order valence-corrected chi connectivity index (χ4v) is 2.59. The van der Waals surface area contributed by atoms with Crippen LogP contribution in [0.2, 0.25) is 0 Å². The van der Waals surface area contributed by atoms with Gasteiger partial charge in [0.1, 0.15) is 5.56 Å². The van der Waals surface area contributed by atoms with Crippen molar-refractivity contribution in [2.24, 2.45) is 14.1 Å². The summed E-state index contributed by atoms with van der Waals surface area (Å²) >= 11 is 0. The number of fused-ring (bicyclic) bond motifs is 1. The Morgan fingerprint density at radius 3 is 2.52 bits per heavy atom. The van der Waals surface area contributed by atoms with E-state index < -0.39 is 22.9 Å². The summed E-state index contributed by atoms with van der Waals surface area (Å²) in [6, 6.07) is 9.39. The third-order valence-corrected chi connectivity index (χ3v) is 3.91. The van der Waals surface area contributed by atoms with Crippen LogP contribution in [0.4, 0.5) is 0 Å². The van der Waals surface area contributed by atoms with Crippen molar-refractivity contribution >= 4 is 16.7 Å². The van der Waals surface area contributed by atoms with Gasteiger partial charge in [-0.2, -0.15) is 0 Å². The highest BCUT2D eigenvalue weighted by Crippen LogP contribution is 2.17. The Morgan fingerprint density at radius 2 is 1.78 bits per heavy atom. The fraction of sp³-hybridized carbons (Fsp3) is 0.188. The quantitative estimate of drug-likeness (QED) is 0.719. The fourth-order valence-electron chi connectivity index (χ4n) is 2.59. The normalized spacial score (nSPS) is 11.0. The molecule has 1 aromatic carbocycles. The van der Waals surface area contributed by atoms with E-state index in [4.69, 9.17) is 0 Å². The third kappa shape index (κ3) is 2.26. The van der Waals surface area contributed by atoms with Crippen molar-refractivity contribution < 1.29 is 9.90 Å². The Hall–Kier alpha value is -3.09. The number of rotatable bonds is 3. The molecule has 3 rings (SSSR count). The molecule has 118 valence electrons. The summed E-state index contributed by atoms with van der Waals surface area (Å²) in [7, 11) is 2.57. The Balaban J connectivity index is 2.09. The molecule has 0 unspecified atom stereocenters. The van der Waals surface area contributed by atoms with Gasteiger partial charge in [0, 0.05) is 25.8 Å². The molecule has 0 bridgehead atoms. The van der Waals surface area contributed by atoms with E-state index >= 15 is 0 Å². The van der Waals surface area contributed by atoms with Crippen molar-refractivity contribution in [2.45, 2.75) is 6.54 Å². The molecule has 2 aromatic heterocycles. The molecule has 0 saturated carbocycles. The molecular weight excluding hydrogens is 298 g/mol. The number of benzene rings is 1. The van der Waals surface area contributed by atoms with Gasteiger partial charge in [-0.3, -0.25) is 18.7 Å². The standard InChI is InChI=1S/C16H15N3O4/c1-17-14(21)13(15(22)18(2)16(17)23)12(20)9-19-8-7-10-5-3-4-6-11(10)19/h3-8,21H,9H2,1-2H3. The largest absolute Gasteiger partial charge is 0.494 e. The van der Waals surface area contributed by atoms with E-state index in [2.05, 4.69) is 0 Å². The second kappa shape index (κ2) is 5.28. The molecule has 3 aromatic rings. The van der Waals surface area contributed by atoms with Gasteiger partial charge in [-0.05, 0) is 17.5 Å². The topological polar surface area (TPSA) is 86.2 Å². The number of carbonyl (C=O) groups is 1. The zero-order chi connectivity index (χ0) is 16.7. The second-order valence-corrected chi connectivity index (χ2v) is 5.33. The lowest BCUT2D eigenvalue weighted by molar-refractivity contribution is 0.0966. The third-order valence-electron chi connectivity index (χ3n) is 3.91. The molecular formula is C16H15N3O4. The van der Waals surface area contributed by atoms with E-state index in [1.807, 2.05) is 30.3 Å². The molecule has 7 nitrogen and oxygen atoms in total. The molecule has 23 heavy (non-hydrogen) atoms. The summed E-state index contributed by atoms with van der Waals surface area (Å²) in [5.41, 5.74) is -1.02. The summed E-state index contributed by atoms with van der Waals surface area (Å²) in [5.74, 6) is -1.17. The van der Waals surface area contributed by atoms with Crippen LogP contribution in [0.3, 0.4) is 0 Å². The van der Waals surface area contributed by atoms with Crippen LogP contribution in [0.15, 0.2) is 46.1 Å². The summed E-state index contributed by atoms with van der Waals surface area (Å²) < 4.78 is 3.38. The van der Waals surface area contributed by atoms with Gasteiger partial charge in [0.25, 0.3) is 5.56 Å². The van der Waals surface area contributed by atoms with Crippen LogP contribution in [-0.2, 0) is 20.6 Å². The molecule has 0 aliphatic carbocycles. The first kappa shape index (κ1) is 14.8. The number of hydrogen-bond donors (Lipinski definition) is 1. The number of nitrogens with zero attached hydrogens (tertiary/aromatic N) is 3. The van der Waals surface area contributed by atoms with Crippen molar-refractivity contribution in [3.05, 3.63) is 62.9 Å². The summed E-state index contributed by atoms with van der Waals surface area (Å²) in [4.78, 5) is 36.4. The van der Waals surface area contributed by atoms with E-state index in [1.54, 1.807) is 10.8 Å². The van der Waals surface area contributed by atoms with Crippen LogP contribution in [0, 0.1) is 0 Å². The molecule has 0 radical (unpaired) electrons. The monoisotopic (exact) mass is 313 g/mol. The highest BCUT2D eigenvalue weighted by molar-refractivity contribution is 5.98. The minimum atomic E-state index is -0.799. The maximum Gasteiger partial charge on any atom is 0.333 e. The minimum absolute atomic E-state index is 0.103. The van der Waals surface area contributed by atoms with Crippen molar-refractivity contribution in [2.75, 3.05) is 0 Å². The van der Waals surface area contributed by atoms with Gasteiger partial charge < -0.3 is 9.67 Å². The highest BCUT2D eigenvalue weighted by atomic mass is 16.3. The van der Waals surface area contributed by atoms with Crippen molar-refractivity contribution in [3.8, 4) is 5.88 Å². The molecule has 0 atom stereocenters. The van der Waals surface area contributed by atoms with Crippen LogP contribution in [0.5, 0.6) is 5.88 Å². The van der Waals surface area contributed by atoms with Crippen LogP contribution in [0.25, 0.3) is 10.9 Å². The van der Waals surface area contributed by atoms with Crippen molar-refractivity contribution in [1.29, 1.82) is 0 Å². The van der Waals surface area contributed by atoms with Crippen LogP contribution >= 0.6 is 0 Å². The predicted molar refractivity (Wildman–Crippen MR) is 84.9 cm³/mol. The first-order chi connectivity index (χ1) is 10.9. The second-order valence-electron chi connectivity index (χ2n) is 5.33. The van der Waals surface area contributed by atoms with Gasteiger partial charge in [0.05, 0.1) is 6.54 Å². The number of Topliss-reactive ketones (excluding diaryl/α,β-unsaturated/α-hetero) is 1. The number of aromatic nitrogens is 3. The lowest BCUT2D eigenvalue weighted by Crippen LogP contribution is -2.40.